The van der Waals surface area contributed by atoms with Gasteiger partial charge in [0.25, 0.3) is 5.91 Å². The highest BCUT2D eigenvalue weighted by atomic mass is 32.2. The Balaban J connectivity index is 1.53. The number of benzene rings is 2. The summed E-state index contributed by atoms with van der Waals surface area (Å²) in [4.78, 5) is 12.1. The van der Waals surface area contributed by atoms with Crippen molar-refractivity contribution >= 4 is 23.9 Å². The van der Waals surface area contributed by atoms with Gasteiger partial charge >= 0.3 is 0 Å². The van der Waals surface area contributed by atoms with Crippen molar-refractivity contribution in [2.24, 2.45) is 12.1 Å². The van der Waals surface area contributed by atoms with E-state index in [0.717, 1.165) is 16.5 Å². The Labute approximate surface area is 154 Å². The molecule has 3 rings (SSSR count). The van der Waals surface area contributed by atoms with Crippen molar-refractivity contribution in [3.8, 4) is 0 Å². The Morgan fingerprint density at radius 3 is 2.62 bits per heavy atom. The van der Waals surface area contributed by atoms with E-state index in [1.54, 1.807) is 42.4 Å². The van der Waals surface area contributed by atoms with Gasteiger partial charge < -0.3 is 4.57 Å². The molecule has 0 aliphatic heterocycles. The normalized spacial score (nSPS) is 11.0. The first-order valence-electron chi connectivity index (χ1n) is 7.76. The lowest BCUT2D eigenvalue weighted by atomic mass is 10.1. The van der Waals surface area contributed by atoms with Gasteiger partial charge in [0, 0.05) is 18.4 Å². The van der Waals surface area contributed by atoms with E-state index in [2.05, 4.69) is 20.7 Å². The third-order valence-corrected chi connectivity index (χ3v) is 4.61. The average molecular weight is 369 g/mol. The third-order valence-electron chi connectivity index (χ3n) is 3.50. The molecule has 0 saturated heterocycles. The summed E-state index contributed by atoms with van der Waals surface area (Å²) in [6, 6.07) is 13.1. The Morgan fingerprint density at radius 1 is 1.23 bits per heavy atom. The fourth-order valence-corrected chi connectivity index (χ4v) is 2.93. The van der Waals surface area contributed by atoms with E-state index in [1.165, 1.54) is 18.3 Å². The van der Waals surface area contributed by atoms with Crippen LogP contribution >= 0.6 is 11.8 Å². The number of halogens is 1. The zero-order chi connectivity index (χ0) is 18.4. The Morgan fingerprint density at radius 2 is 1.96 bits per heavy atom. The highest BCUT2D eigenvalue weighted by molar-refractivity contribution is 7.98. The molecular weight excluding hydrogens is 353 g/mol. The van der Waals surface area contributed by atoms with Crippen LogP contribution < -0.4 is 5.43 Å². The van der Waals surface area contributed by atoms with Gasteiger partial charge in [0.05, 0.1) is 6.21 Å². The van der Waals surface area contributed by atoms with E-state index in [9.17, 15) is 9.18 Å². The number of thioether (sulfide) groups is 1. The SMILES string of the molecule is Cn1cnnc1SCc1ccc(C(=O)N/N=C\c2ccc(F)cc2)cc1. The van der Waals surface area contributed by atoms with Gasteiger partial charge in [-0.25, -0.2) is 9.82 Å². The number of hydrogen-bond acceptors (Lipinski definition) is 5. The largest absolute Gasteiger partial charge is 0.312 e. The minimum Gasteiger partial charge on any atom is -0.312 e. The van der Waals surface area contributed by atoms with Crippen LogP contribution in [0.2, 0.25) is 0 Å². The molecular formula is C18H16FN5OS. The number of aromatic nitrogens is 3. The lowest BCUT2D eigenvalue weighted by Gasteiger charge is -2.03. The summed E-state index contributed by atoms with van der Waals surface area (Å²) in [5.41, 5.74) is 4.73. The van der Waals surface area contributed by atoms with Gasteiger partial charge in [-0.2, -0.15) is 5.10 Å². The van der Waals surface area contributed by atoms with Crippen LogP contribution in [0.4, 0.5) is 4.39 Å². The van der Waals surface area contributed by atoms with E-state index in [4.69, 9.17) is 0 Å². The van der Waals surface area contributed by atoms with Crippen molar-refractivity contribution in [1.82, 2.24) is 20.2 Å². The first kappa shape index (κ1) is 17.8. The highest BCUT2D eigenvalue weighted by Gasteiger charge is 2.06. The zero-order valence-electron chi connectivity index (χ0n) is 14.0. The predicted molar refractivity (Wildman–Crippen MR) is 98.5 cm³/mol. The lowest BCUT2D eigenvalue weighted by molar-refractivity contribution is 0.0955. The molecule has 8 heteroatoms. The summed E-state index contributed by atoms with van der Waals surface area (Å²) < 4.78 is 14.7. The molecule has 6 nitrogen and oxygen atoms in total. The maximum absolute atomic E-state index is 12.8. The molecule has 3 aromatic rings. The molecule has 0 aliphatic carbocycles. The van der Waals surface area contributed by atoms with Gasteiger partial charge in [-0.05, 0) is 35.4 Å². The molecule has 1 aromatic heterocycles. The molecule has 0 aliphatic rings. The molecule has 0 unspecified atom stereocenters. The minimum atomic E-state index is -0.316. The van der Waals surface area contributed by atoms with Crippen LogP contribution in [0.25, 0.3) is 0 Å². The monoisotopic (exact) mass is 369 g/mol. The predicted octanol–water partition coefficient (Wildman–Crippen LogP) is 3.01. The van der Waals surface area contributed by atoms with Crippen LogP contribution in [-0.4, -0.2) is 26.9 Å². The molecule has 26 heavy (non-hydrogen) atoms. The Bertz CT molecular complexity index is 906. The number of aryl methyl sites for hydroxylation is 1. The van der Waals surface area contributed by atoms with Gasteiger partial charge in [0.2, 0.25) is 0 Å². The molecule has 1 N–H and O–H groups in total. The van der Waals surface area contributed by atoms with Crippen molar-refractivity contribution in [2.45, 2.75) is 10.9 Å². The van der Waals surface area contributed by atoms with Crippen LogP contribution in [0.15, 0.2) is 65.1 Å². The second-order valence-electron chi connectivity index (χ2n) is 5.46. The number of carbonyl (C=O) groups excluding carboxylic acids is 1. The first-order chi connectivity index (χ1) is 12.6. The van der Waals surface area contributed by atoms with E-state index < -0.39 is 0 Å². The minimum absolute atomic E-state index is 0.309. The van der Waals surface area contributed by atoms with Crippen molar-refractivity contribution in [1.29, 1.82) is 0 Å². The summed E-state index contributed by atoms with van der Waals surface area (Å²) in [6.45, 7) is 0. The summed E-state index contributed by atoms with van der Waals surface area (Å²) in [7, 11) is 1.89. The molecule has 1 amide bonds. The molecule has 1 heterocycles. The summed E-state index contributed by atoms with van der Waals surface area (Å²) in [5.74, 6) is 0.108. The Kier molecular flexibility index (Phi) is 5.75. The smallest absolute Gasteiger partial charge is 0.271 e. The number of rotatable bonds is 6. The number of carbonyl (C=O) groups is 1. The third kappa shape index (κ3) is 4.76. The zero-order valence-corrected chi connectivity index (χ0v) is 14.8. The lowest BCUT2D eigenvalue weighted by Crippen LogP contribution is -2.17. The van der Waals surface area contributed by atoms with Gasteiger partial charge in [-0.1, -0.05) is 36.0 Å². The van der Waals surface area contributed by atoms with E-state index in [1.807, 2.05) is 23.7 Å². The standard InChI is InChI=1S/C18H16FN5OS/c1-24-12-21-23-18(24)26-11-14-2-6-15(7-3-14)17(25)22-20-10-13-4-8-16(19)9-5-13/h2-10,12H,11H2,1H3,(H,22,25)/b20-10-. The summed E-state index contributed by atoms with van der Waals surface area (Å²) in [6.07, 6.45) is 3.12. The van der Waals surface area contributed by atoms with Crippen molar-refractivity contribution in [3.63, 3.8) is 0 Å². The summed E-state index contributed by atoms with van der Waals surface area (Å²) in [5, 5.41) is 12.6. The second-order valence-corrected chi connectivity index (χ2v) is 6.40. The van der Waals surface area contributed by atoms with Crippen molar-refractivity contribution in [3.05, 3.63) is 77.4 Å². The number of hydrogen-bond donors (Lipinski definition) is 1. The molecule has 0 spiro atoms. The van der Waals surface area contributed by atoms with Crippen LogP contribution in [0, 0.1) is 5.82 Å². The molecule has 0 atom stereocenters. The van der Waals surface area contributed by atoms with Gasteiger partial charge in [0.1, 0.15) is 12.1 Å². The Hall–Kier alpha value is -3.00. The highest BCUT2D eigenvalue weighted by Crippen LogP contribution is 2.20. The molecule has 2 aromatic carbocycles. The maximum atomic E-state index is 12.8. The van der Waals surface area contributed by atoms with Crippen molar-refractivity contribution < 1.29 is 9.18 Å². The maximum Gasteiger partial charge on any atom is 0.271 e. The number of hydrazone groups is 1. The van der Waals surface area contributed by atoms with Crippen LogP contribution in [0.1, 0.15) is 21.5 Å². The molecule has 0 saturated carbocycles. The quantitative estimate of drug-likeness (QED) is 0.412. The first-order valence-corrected chi connectivity index (χ1v) is 8.75. The molecule has 132 valence electrons. The van der Waals surface area contributed by atoms with Crippen molar-refractivity contribution in [2.75, 3.05) is 0 Å². The van der Waals surface area contributed by atoms with Crippen LogP contribution in [0.5, 0.6) is 0 Å². The molecule has 0 radical (unpaired) electrons. The molecule has 0 bridgehead atoms. The van der Waals surface area contributed by atoms with E-state index >= 15 is 0 Å². The fraction of sp³-hybridized carbons (Fsp3) is 0.111. The number of amides is 1. The van der Waals surface area contributed by atoms with Crippen LogP contribution in [-0.2, 0) is 12.8 Å². The van der Waals surface area contributed by atoms with Crippen LogP contribution in [0.3, 0.4) is 0 Å². The summed E-state index contributed by atoms with van der Waals surface area (Å²) >= 11 is 1.57. The topological polar surface area (TPSA) is 72.2 Å². The second kappa shape index (κ2) is 8.39. The fourth-order valence-electron chi connectivity index (χ4n) is 2.08. The van der Waals surface area contributed by atoms with Gasteiger partial charge in [0.15, 0.2) is 5.16 Å². The van der Waals surface area contributed by atoms with Gasteiger partial charge in [-0.3, -0.25) is 4.79 Å². The number of nitrogens with zero attached hydrogens (tertiary/aromatic N) is 4. The van der Waals surface area contributed by atoms with E-state index in [0.29, 0.717) is 11.1 Å². The molecule has 0 fully saturated rings. The van der Waals surface area contributed by atoms with Gasteiger partial charge in [-0.15, -0.1) is 10.2 Å². The number of nitrogens with one attached hydrogen (secondary N) is 1. The van der Waals surface area contributed by atoms with E-state index in [-0.39, 0.29) is 11.7 Å². The average Bonchev–Trinajstić information content (AvgIpc) is 3.07.